The minimum atomic E-state index is -0.535. The maximum atomic E-state index is 11.9. The van der Waals surface area contributed by atoms with Gasteiger partial charge in [-0.25, -0.2) is 0 Å². The molecule has 0 aliphatic carbocycles. The van der Waals surface area contributed by atoms with Gasteiger partial charge in [0, 0.05) is 11.2 Å². The molecule has 100 valence electrons. The van der Waals surface area contributed by atoms with Crippen molar-refractivity contribution in [2.45, 2.75) is 46.3 Å². The topological polar surface area (TPSA) is 64.3 Å². The number of carbonyl (C=O) groups is 1. The van der Waals surface area contributed by atoms with Crippen molar-refractivity contribution < 1.29 is 9.53 Å². The van der Waals surface area contributed by atoms with Gasteiger partial charge in [0.1, 0.15) is 5.75 Å². The average molecular weight is 250 g/mol. The van der Waals surface area contributed by atoms with Crippen LogP contribution in [-0.2, 0) is 4.79 Å². The maximum Gasteiger partial charge on any atom is 0.261 e. The number of nitrogens with two attached hydrogens (primary N) is 1. The summed E-state index contributed by atoms with van der Waals surface area (Å²) in [6, 6.07) is 5.37. The van der Waals surface area contributed by atoms with Gasteiger partial charge in [0.25, 0.3) is 5.91 Å². The fourth-order valence-corrected chi connectivity index (χ4v) is 1.45. The van der Waals surface area contributed by atoms with Crippen LogP contribution in [0.4, 0.5) is 5.69 Å². The number of anilines is 1. The molecule has 0 saturated heterocycles. The Balaban J connectivity index is 2.66. The minimum absolute atomic E-state index is 0.128. The Morgan fingerprint density at radius 3 is 2.50 bits per heavy atom. The lowest BCUT2D eigenvalue weighted by Crippen LogP contribution is -2.46. The van der Waals surface area contributed by atoms with Gasteiger partial charge in [-0.15, -0.1) is 0 Å². The summed E-state index contributed by atoms with van der Waals surface area (Å²) in [4.78, 5) is 11.9. The lowest BCUT2D eigenvalue weighted by atomic mass is 10.1. The van der Waals surface area contributed by atoms with E-state index < -0.39 is 6.10 Å². The second kappa shape index (κ2) is 5.29. The van der Waals surface area contributed by atoms with Crippen LogP contribution in [0.3, 0.4) is 0 Å². The van der Waals surface area contributed by atoms with Crippen LogP contribution in [0.2, 0.25) is 0 Å². The van der Waals surface area contributed by atoms with Crippen molar-refractivity contribution in [1.82, 2.24) is 5.32 Å². The maximum absolute atomic E-state index is 11.9. The predicted octanol–water partition coefficient (Wildman–Crippen LogP) is 2.26. The molecule has 0 aliphatic rings. The highest BCUT2D eigenvalue weighted by molar-refractivity contribution is 5.81. The summed E-state index contributed by atoms with van der Waals surface area (Å²) in [5.74, 6) is 0.523. The second-order valence-corrected chi connectivity index (χ2v) is 5.52. The number of rotatable bonds is 3. The summed E-state index contributed by atoms with van der Waals surface area (Å²) >= 11 is 0. The largest absolute Gasteiger partial charge is 0.481 e. The summed E-state index contributed by atoms with van der Waals surface area (Å²) in [6.45, 7) is 9.44. The molecule has 1 unspecified atom stereocenters. The molecule has 1 amide bonds. The molecule has 0 aliphatic heterocycles. The van der Waals surface area contributed by atoms with Crippen molar-refractivity contribution in [3.63, 3.8) is 0 Å². The van der Waals surface area contributed by atoms with Crippen LogP contribution >= 0.6 is 0 Å². The molecular weight excluding hydrogens is 228 g/mol. The number of aryl methyl sites for hydroxylation is 1. The first-order chi connectivity index (χ1) is 8.19. The van der Waals surface area contributed by atoms with E-state index in [1.165, 1.54) is 0 Å². The molecule has 0 spiro atoms. The van der Waals surface area contributed by atoms with E-state index in [2.05, 4.69) is 5.32 Å². The number of nitrogens with one attached hydrogen (secondary N) is 1. The standard InChI is InChI=1S/C14H22N2O2/c1-9-8-11(6-7-12(9)15)18-10(2)13(17)16-14(3,4)5/h6-8,10H,15H2,1-5H3,(H,16,17). The zero-order valence-corrected chi connectivity index (χ0v) is 11.7. The van der Waals surface area contributed by atoms with Crippen LogP contribution in [0.1, 0.15) is 33.3 Å². The Morgan fingerprint density at radius 1 is 1.39 bits per heavy atom. The van der Waals surface area contributed by atoms with Crippen LogP contribution < -0.4 is 15.8 Å². The summed E-state index contributed by atoms with van der Waals surface area (Å²) in [5, 5.41) is 2.88. The van der Waals surface area contributed by atoms with Gasteiger partial charge in [0.05, 0.1) is 0 Å². The molecule has 3 N–H and O–H groups in total. The number of hydrogen-bond donors (Lipinski definition) is 2. The first-order valence-electron chi connectivity index (χ1n) is 6.04. The normalized spacial score (nSPS) is 12.9. The van der Waals surface area contributed by atoms with E-state index in [4.69, 9.17) is 10.5 Å². The molecule has 4 nitrogen and oxygen atoms in total. The first-order valence-corrected chi connectivity index (χ1v) is 6.04. The molecule has 0 fully saturated rings. The van der Waals surface area contributed by atoms with Gasteiger partial charge < -0.3 is 15.8 Å². The highest BCUT2D eigenvalue weighted by Crippen LogP contribution is 2.19. The van der Waals surface area contributed by atoms with Crippen molar-refractivity contribution in [2.75, 3.05) is 5.73 Å². The van der Waals surface area contributed by atoms with Gasteiger partial charge >= 0.3 is 0 Å². The molecule has 0 bridgehead atoms. The molecule has 18 heavy (non-hydrogen) atoms. The number of ether oxygens (including phenoxy) is 1. The number of amides is 1. The summed E-state index contributed by atoms with van der Waals surface area (Å²) in [7, 11) is 0. The van der Waals surface area contributed by atoms with E-state index >= 15 is 0 Å². The van der Waals surface area contributed by atoms with Crippen molar-refractivity contribution in [3.05, 3.63) is 23.8 Å². The van der Waals surface area contributed by atoms with Crippen molar-refractivity contribution in [3.8, 4) is 5.75 Å². The van der Waals surface area contributed by atoms with Gasteiger partial charge in [0.2, 0.25) is 0 Å². The third-order valence-electron chi connectivity index (χ3n) is 2.42. The number of carbonyl (C=O) groups excluding carboxylic acids is 1. The van der Waals surface area contributed by atoms with E-state index in [-0.39, 0.29) is 11.4 Å². The highest BCUT2D eigenvalue weighted by atomic mass is 16.5. The lowest BCUT2D eigenvalue weighted by Gasteiger charge is -2.23. The fraction of sp³-hybridized carbons (Fsp3) is 0.500. The van der Waals surface area contributed by atoms with Gasteiger partial charge in [-0.2, -0.15) is 0 Å². The molecule has 1 atom stereocenters. The molecule has 4 heteroatoms. The first kappa shape index (κ1) is 14.4. The van der Waals surface area contributed by atoms with Crippen molar-refractivity contribution in [2.24, 2.45) is 0 Å². The quantitative estimate of drug-likeness (QED) is 0.809. The molecule has 1 rings (SSSR count). The summed E-state index contributed by atoms with van der Waals surface area (Å²) in [5.41, 5.74) is 7.13. The van der Waals surface area contributed by atoms with Crippen LogP contribution in [-0.4, -0.2) is 17.6 Å². The van der Waals surface area contributed by atoms with Crippen LogP contribution in [0.25, 0.3) is 0 Å². The van der Waals surface area contributed by atoms with E-state index in [9.17, 15) is 4.79 Å². The highest BCUT2D eigenvalue weighted by Gasteiger charge is 2.20. The molecular formula is C14H22N2O2. The Morgan fingerprint density at radius 2 is 2.00 bits per heavy atom. The monoisotopic (exact) mass is 250 g/mol. The Kier molecular flexibility index (Phi) is 4.22. The van der Waals surface area contributed by atoms with E-state index in [0.29, 0.717) is 11.4 Å². The molecule has 1 aromatic carbocycles. The minimum Gasteiger partial charge on any atom is -0.481 e. The van der Waals surface area contributed by atoms with Gasteiger partial charge in [-0.1, -0.05) is 0 Å². The third-order valence-corrected chi connectivity index (χ3v) is 2.42. The summed E-state index contributed by atoms with van der Waals surface area (Å²) in [6.07, 6.45) is -0.535. The van der Waals surface area contributed by atoms with Crippen molar-refractivity contribution >= 4 is 11.6 Å². The number of nitrogen functional groups attached to an aromatic ring is 1. The Hall–Kier alpha value is -1.71. The zero-order chi connectivity index (χ0) is 13.9. The molecule has 1 aromatic rings. The van der Waals surface area contributed by atoms with Crippen LogP contribution in [0.15, 0.2) is 18.2 Å². The van der Waals surface area contributed by atoms with E-state index in [1.807, 2.05) is 33.8 Å². The van der Waals surface area contributed by atoms with Crippen LogP contribution in [0.5, 0.6) is 5.75 Å². The third kappa shape index (κ3) is 4.28. The predicted molar refractivity (Wildman–Crippen MR) is 73.6 cm³/mol. The molecule has 0 saturated carbocycles. The van der Waals surface area contributed by atoms with Gasteiger partial charge in [-0.3, -0.25) is 4.79 Å². The van der Waals surface area contributed by atoms with Gasteiger partial charge in [0.15, 0.2) is 6.10 Å². The fourth-order valence-electron chi connectivity index (χ4n) is 1.45. The lowest BCUT2D eigenvalue weighted by molar-refractivity contribution is -0.128. The molecule has 0 aromatic heterocycles. The van der Waals surface area contributed by atoms with Crippen molar-refractivity contribution in [1.29, 1.82) is 0 Å². The Labute approximate surface area is 109 Å². The molecule has 0 heterocycles. The zero-order valence-electron chi connectivity index (χ0n) is 11.7. The summed E-state index contributed by atoms with van der Waals surface area (Å²) < 4.78 is 5.59. The van der Waals surface area contributed by atoms with E-state index in [1.54, 1.807) is 19.1 Å². The number of hydrogen-bond acceptors (Lipinski definition) is 3. The van der Waals surface area contributed by atoms with Crippen LogP contribution in [0, 0.1) is 6.92 Å². The second-order valence-electron chi connectivity index (χ2n) is 5.52. The number of benzene rings is 1. The van der Waals surface area contributed by atoms with Gasteiger partial charge in [-0.05, 0) is 58.4 Å². The average Bonchev–Trinajstić information content (AvgIpc) is 2.21. The molecule has 0 radical (unpaired) electrons. The Bertz CT molecular complexity index is 436. The smallest absolute Gasteiger partial charge is 0.261 e. The van der Waals surface area contributed by atoms with E-state index in [0.717, 1.165) is 5.56 Å². The SMILES string of the molecule is Cc1cc(OC(C)C(=O)NC(C)(C)C)ccc1N.